The number of nitrogens with zero attached hydrogens (tertiary/aromatic N) is 5. The molecule has 0 saturated carbocycles. The molecule has 0 amide bonds. The van der Waals surface area contributed by atoms with Crippen LogP contribution < -0.4 is 0 Å². The molecule has 0 bridgehead atoms. The fourth-order valence-electron chi connectivity index (χ4n) is 8.07. The molecule has 5 nitrogen and oxygen atoms in total. The van der Waals surface area contributed by atoms with Crippen LogP contribution in [0, 0.1) is 0 Å². The van der Waals surface area contributed by atoms with E-state index in [2.05, 4.69) is 144 Å². The molecule has 0 fully saturated rings. The van der Waals surface area contributed by atoms with E-state index in [1.807, 2.05) is 60.7 Å². The number of benzene rings is 8. The van der Waals surface area contributed by atoms with Gasteiger partial charge in [-0.25, -0.2) is 19.9 Å². The van der Waals surface area contributed by atoms with Gasteiger partial charge in [-0.2, -0.15) is 0 Å². The summed E-state index contributed by atoms with van der Waals surface area (Å²) in [5.41, 5.74) is 11.5. The second kappa shape index (κ2) is 13.5. The first-order valence-corrected chi connectivity index (χ1v) is 19.1. The van der Waals surface area contributed by atoms with Crippen molar-refractivity contribution in [2.75, 3.05) is 0 Å². The number of hydrogen-bond donors (Lipinski definition) is 0. The first-order chi connectivity index (χ1) is 28.2. The molecule has 0 radical (unpaired) electrons. The van der Waals surface area contributed by atoms with Crippen molar-refractivity contribution in [2.24, 2.45) is 0 Å². The number of hydrogen-bond acceptors (Lipinski definition) is 4. The van der Waals surface area contributed by atoms with Crippen LogP contribution in [-0.4, -0.2) is 24.5 Å². The smallest absolute Gasteiger partial charge is 0.164 e. The van der Waals surface area contributed by atoms with Crippen molar-refractivity contribution >= 4 is 43.5 Å². The molecule has 3 aromatic heterocycles. The van der Waals surface area contributed by atoms with Crippen LogP contribution in [0.2, 0.25) is 0 Å². The van der Waals surface area contributed by atoms with Crippen LogP contribution in [0.1, 0.15) is 0 Å². The molecule has 0 aliphatic carbocycles. The fourth-order valence-corrected chi connectivity index (χ4v) is 8.07. The predicted molar refractivity (Wildman–Crippen MR) is 234 cm³/mol. The fraction of sp³-hybridized carbons (Fsp3) is 0. The summed E-state index contributed by atoms with van der Waals surface area (Å²) in [4.78, 5) is 20.2. The first-order valence-electron chi connectivity index (χ1n) is 19.1. The third-order valence-corrected chi connectivity index (χ3v) is 10.8. The maximum absolute atomic E-state index is 5.42. The molecule has 0 atom stereocenters. The number of fused-ring (bicyclic) bond motifs is 6. The largest absolute Gasteiger partial charge is 0.309 e. The van der Waals surface area contributed by atoms with Gasteiger partial charge in [0.1, 0.15) is 0 Å². The Kier molecular flexibility index (Phi) is 7.74. The van der Waals surface area contributed by atoms with Gasteiger partial charge in [0, 0.05) is 49.5 Å². The van der Waals surface area contributed by atoms with Gasteiger partial charge in [-0.3, -0.25) is 0 Å². The second-order valence-corrected chi connectivity index (χ2v) is 14.3. The van der Waals surface area contributed by atoms with E-state index in [9.17, 15) is 0 Å². The van der Waals surface area contributed by atoms with Gasteiger partial charge in [0.2, 0.25) is 0 Å². The Morgan fingerprint density at radius 3 is 1.42 bits per heavy atom. The Labute approximate surface area is 329 Å². The van der Waals surface area contributed by atoms with E-state index in [1.54, 1.807) is 0 Å². The lowest BCUT2D eigenvalue weighted by molar-refractivity contribution is 1.07. The summed E-state index contributed by atoms with van der Waals surface area (Å²) in [6.45, 7) is 0. The van der Waals surface area contributed by atoms with Gasteiger partial charge in [-0.05, 0) is 52.9 Å². The summed E-state index contributed by atoms with van der Waals surface area (Å²) in [6.07, 6.45) is 0. The van der Waals surface area contributed by atoms with Crippen molar-refractivity contribution in [3.63, 3.8) is 0 Å². The minimum atomic E-state index is 0.632. The summed E-state index contributed by atoms with van der Waals surface area (Å²) >= 11 is 0. The molecule has 11 aromatic rings. The van der Waals surface area contributed by atoms with Crippen LogP contribution in [0.15, 0.2) is 200 Å². The molecule has 57 heavy (non-hydrogen) atoms. The molecule has 0 saturated heterocycles. The van der Waals surface area contributed by atoms with Gasteiger partial charge in [0.05, 0.1) is 22.2 Å². The number of para-hydroxylation sites is 2. The summed E-state index contributed by atoms with van der Waals surface area (Å²) in [5.74, 6) is 1.92. The Hall–Kier alpha value is -7.76. The van der Waals surface area contributed by atoms with E-state index in [4.69, 9.17) is 19.9 Å². The van der Waals surface area contributed by atoms with E-state index in [1.165, 1.54) is 27.2 Å². The normalized spacial score (nSPS) is 11.5. The monoisotopic (exact) mass is 727 g/mol. The second-order valence-electron chi connectivity index (χ2n) is 14.3. The van der Waals surface area contributed by atoms with Gasteiger partial charge in [0.25, 0.3) is 0 Å². The van der Waals surface area contributed by atoms with Gasteiger partial charge in [0.15, 0.2) is 17.5 Å². The van der Waals surface area contributed by atoms with Crippen LogP contribution in [0.5, 0.6) is 0 Å². The van der Waals surface area contributed by atoms with Gasteiger partial charge in [-0.15, -0.1) is 0 Å². The third kappa shape index (κ3) is 5.72. The zero-order valence-corrected chi connectivity index (χ0v) is 30.8. The van der Waals surface area contributed by atoms with E-state index in [-0.39, 0.29) is 0 Å². The van der Waals surface area contributed by atoms with Crippen molar-refractivity contribution in [3.8, 4) is 62.2 Å². The quantitative estimate of drug-likeness (QED) is 0.160. The molecule has 0 unspecified atom stereocenters. The Morgan fingerprint density at radius 1 is 0.281 bits per heavy atom. The molecule has 0 spiro atoms. The lowest BCUT2D eigenvalue weighted by Crippen LogP contribution is -2.00. The summed E-state index contributed by atoms with van der Waals surface area (Å²) in [7, 11) is 0. The molecule has 3 heterocycles. The maximum atomic E-state index is 5.42. The average molecular weight is 728 g/mol. The van der Waals surface area contributed by atoms with Crippen LogP contribution in [0.4, 0.5) is 0 Å². The standard InChI is InChI=1S/C52H33N5/c1-5-15-35(16-6-1)49-45-32-44-42-23-13-14-24-47(42)57(40-21-11-4-12-22-40)48(44)33-43(45)41-30-29-39(31-46(41)53-49)34-25-27-38(28-26-34)52-55-50(36-17-7-2-8-18-36)54-51(56-52)37-19-9-3-10-20-37/h1-33H. The highest BCUT2D eigenvalue weighted by atomic mass is 15.0. The van der Waals surface area contributed by atoms with E-state index in [0.717, 1.165) is 61.1 Å². The van der Waals surface area contributed by atoms with Crippen molar-refractivity contribution in [1.29, 1.82) is 0 Å². The molecular formula is C52H33N5. The number of rotatable bonds is 6. The molecule has 5 heteroatoms. The zero-order chi connectivity index (χ0) is 37.7. The summed E-state index contributed by atoms with van der Waals surface area (Å²) < 4.78 is 2.38. The van der Waals surface area contributed by atoms with Crippen molar-refractivity contribution in [3.05, 3.63) is 200 Å². The molecule has 0 aliphatic rings. The summed E-state index contributed by atoms with van der Waals surface area (Å²) in [6, 6.07) is 69.9. The first kappa shape index (κ1) is 32.7. The summed E-state index contributed by atoms with van der Waals surface area (Å²) in [5, 5.41) is 5.86. The highest BCUT2D eigenvalue weighted by Crippen LogP contribution is 2.40. The average Bonchev–Trinajstić information content (AvgIpc) is 3.62. The molecule has 0 aliphatic heterocycles. The number of pyridine rings is 1. The molecule has 11 rings (SSSR count). The van der Waals surface area contributed by atoms with E-state index < -0.39 is 0 Å². The molecule has 266 valence electrons. The zero-order valence-electron chi connectivity index (χ0n) is 30.8. The van der Waals surface area contributed by atoms with Crippen LogP contribution >= 0.6 is 0 Å². The van der Waals surface area contributed by atoms with Crippen molar-refractivity contribution < 1.29 is 0 Å². The highest BCUT2D eigenvalue weighted by Gasteiger charge is 2.18. The molecule has 8 aromatic carbocycles. The van der Waals surface area contributed by atoms with Gasteiger partial charge < -0.3 is 4.57 Å². The van der Waals surface area contributed by atoms with Crippen LogP contribution in [-0.2, 0) is 0 Å². The van der Waals surface area contributed by atoms with Crippen molar-refractivity contribution in [1.82, 2.24) is 24.5 Å². The molecular weight excluding hydrogens is 695 g/mol. The van der Waals surface area contributed by atoms with Gasteiger partial charge in [-0.1, -0.05) is 164 Å². The Balaban J connectivity index is 1.06. The lowest BCUT2D eigenvalue weighted by atomic mass is 9.96. The van der Waals surface area contributed by atoms with Crippen LogP contribution in [0.25, 0.3) is 106 Å². The van der Waals surface area contributed by atoms with E-state index in [0.29, 0.717) is 17.5 Å². The highest BCUT2D eigenvalue weighted by molar-refractivity contribution is 6.20. The van der Waals surface area contributed by atoms with E-state index >= 15 is 0 Å². The molecule has 0 N–H and O–H groups in total. The minimum absolute atomic E-state index is 0.632. The topological polar surface area (TPSA) is 56.5 Å². The maximum Gasteiger partial charge on any atom is 0.164 e. The van der Waals surface area contributed by atoms with Crippen LogP contribution in [0.3, 0.4) is 0 Å². The Morgan fingerprint density at radius 2 is 0.789 bits per heavy atom. The lowest BCUT2D eigenvalue weighted by Gasteiger charge is -2.13. The minimum Gasteiger partial charge on any atom is -0.309 e. The van der Waals surface area contributed by atoms with Gasteiger partial charge >= 0.3 is 0 Å². The SMILES string of the molecule is c1ccc(-c2nc(-c3ccccc3)nc(-c3ccc(-c4ccc5c(c4)nc(-c4ccccc4)c4cc6c7ccccc7n(-c7ccccc7)c6cc45)cc3)n2)cc1. The number of aromatic nitrogens is 5. The predicted octanol–water partition coefficient (Wildman–Crippen LogP) is 13.0. The Bertz CT molecular complexity index is 3190. The van der Waals surface area contributed by atoms with Crippen molar-refractivity contribution in [2.45, 2.75) is 0 Å². The third-order valence-electron chi connectivity index (χ3n) is 10.8.